The maximum absolute atomic E-state index is 4.80. The lowest BCUT2D eigenvalue weighted by Gasteiger charge is -2.34. The average Bonchev–Trinajstić information content (AvgIpc) is 3.27. The number of hydrogen-bond donors (Lipinski definition) is 4. The zero-order valence-corrected chi connectivity index (χ0v) is 19.1. The van der Waals surface area contributed by atoms with Crippen molar-refractivity contribution in [1.29, 1.82) is 0 Å². The summed E-state index contributed by atoms with van der Waals surface area (Å²) >= 11 is 0. The maximum Gasteiger partial charge on any atom is 0.231 e. The number of nitrogens with zero attached hydrogens (tertiary/aromatic N) is 4. The minimum Gasteiger partial charge on any atom is -0.365 e. The van der Waals surface area contributed by atoms with Crippen molar-refractivity contribution in [3.63, 3.8) is 0 Å². The topological polar surface area (TPSA) is 93.8 Å². The molecule has 4 N–H and O–H groups in total. The van der Waals surface area contributed by atoms with Crippen LogP contribution in [0.1, 0.15) is 50.2 Å². The van der Waals surface area contributed by atoms with Crippen molar-refractivity contribution < 1.29 is 0 Å². The zero-order chi connectivity index (χ0) is 21.9. The number of H-pyrrole nitrogens is 1. The summed E-state index contributed by atoms with van der Waals surface area (Å²) in [5, 5.41) is 10.5. The Morgan fingerprint density at radius 2 is 2.03 bits per heavy atom. The Morgan fingerprint density at radius 3 is 2.84 bits per heavy atom. The summed E-state index contributed by atoms with van der Waals surface area (Å²) < 4.78 is 0. The number of aryl methyl sites for hydroxylation is 1. The Hall–Kier alpha value is -2.71. The summed E-state index contributed by atoms with van der Waals surface area (Å²) in [6, 6.07) is 7.64. The van der Waals surface area contributed by atoms with Crippen LogP contribution in [0.25, 0.3) is 11.2 Å². The monoisotopic (exact) mass is 434 g/mol. The lowest BCUT2D eigenvalue weighted by Crippen LogP contribution is -2.49. The Kier molecular flexibility index (Phi) is 6.23. The second-order valence-electron chi connectivity index (χ2n) is 9.27. The molecule has 1 aromatic carbocycles. The molecule has 2 aliphatic rings. The van der Waals surface area contributed by atoms with E-state index in [9.17, 15) is 0 Å². The molecule has 0 spiro atoms. The van der Waals surface area contributed by atoms with Crippen LogP contribution in [0.2, 0.25) is 0 Å². The molecule has 3 aromatic rings. The van der Waals surface area contributed by atoms with Crippen LogP contribution in [0.4, 0.5) is 17.5 Å². The lowest BCUT2D eigenvalue weighted by molar-refractivity contribution is 0.165. The zero-order valence-electron chi connectivity index (χ0n) is 19.1. The number of rotatable bonds is 6. The Balaban J connectivity index is 1.33. The number of anilines is 3. The molecule has 1 saturated heterocycles. The van der Waals surface area contributed by atoms with Gasteiger partial charge in [0, 0.05) is 44.0 Å². The van der Waals surface area contributed by atoms with Crippen molar-refractivity contribution in [2.75, 3.05) is 30.3 Å². The van der Waals surface area contributed by atoms with E-state index in [0.717, 1.165) is 48.8 Å². The van der Waals surface area contributed by atoms with E-state index in [4.69, 9.17) is 4.98 Å². The molecule has 1 aliphatic heterocycles. The van der Waals surface area contributed by atoms with Crippen molar-refractivity contribution in [2.45, 2.75) is 64.6 Å². The second-order valence-corrected chi connectivity index (χ2v) is 9.27. The molecule has 0 bridgehead atoms. The van der Waals surface area contributed by atoms with Gasteiger partial charge in [-0.2, -0.15) is 9.97 Å². The molecular formula is C24H34N8. The van der Waals surface area contributed by atoms with Gasteiger partial charge in [0.2, 0.25) is 5.95 Å². The van der Waals surface area contributed by atoms with Crippen molar-refractivity contribution >= 4 is 28.6 Å². The molecule has 0 radical (unpaired) electrons. The van der Waals surface area contributed by atoms with Crippen molar-refractivity contribution in [3.8, 4) is 0 Å². The molecule has 0 amide bonds. The van der Waals surface area contributed by atoms with E-state index in [2.05, 4.69) is 67.8 Å². The number of imidazole rings is 1. The molecule has 1 unspecified atom stereocenters. The van der Waals surface area contributed by atoms with Gasteiger partial charge in [-0.25, -0.2) is 4.98 Å². The number of benzene rings is 1. The highest BCUT2D eigenvalue weighted by Gasteiger charge is 2.19. The van der Waals surface area contributed by atoms with Gasteiger partial charge in [0.1, 0.15) is 5.52 Å². The summed E-state index contributed by atoms with van der Waals surface area (Å²) in [5.41, 5.74) is 5.12. The standard InChI is InChI=1S/C24H34N8/c1-16-12-18(14-32-11-10-25-13-17(32)2)8-9-20(16)29-24-30-22-21(26-15-27-22)23(31-24)28-19-6-4-3-5-7-19/h8-9,12,15,17,19,25H,3-7,10-11,13-14H2,1-2H3,(H3,26,27,28,29,30,31). The first-order valence-electron chi connectivity index (χ1n) is 11.9. The van der Waals surface area contributed by atoms with Crippen molar-refractivity contribution in [1.82, 2.24) is 30.2 Å². The highest BCUT2D eigenvalue weighted by Crippen LogP contribution is 2.27. The Bertz CT molecular complexity index is 1060. The Labute approximate surface area is 189 Å². The van der Waals surface area contributed by atoms with Crippen molar-refractivity contribution in [3.05, 3.63) is 35.7 Å². The molecule has 3 heterocycles. The van der Waals surface area contributed by atoms with Crippen LogP contribution in [0.3, 0.4) is 0 Å². The SMILES string of the molecule is Cc1cc(CN2CCNCC2C)ccc1Nc1nc(NC2CCCCC2)c2nc[nH]c2n1. The number of fused-ring (bicyclic) bond motifs is 1. The molecule has 32 heavy (non-hydrogen) atoms. The predicted molar refractivity (Wildman–Crippen MR) is 129 cm³/mol. The van der Waals surface area contributed by atoms with E-state index in [0.29, 0.717) is 18.0 Å². The smallest absolute Gasteiger partial charge is 0.231 e. The average molecular weight is 435 g/mol. The van der Waals surface area contributed by atoms with Crippen LogP contribution in [-0.4, -0.2) is 56.6 Å². The summed E-state index contributed by atoms with van der Waals surface area (Å²) in [4.78, 5) is 19.6. The highest BCUT2D eigenvalue weighted by atomic mass is 15.2. The quantitative estimate of drug-likeness (QED) is 0.467. The third-order valence-corrected chi connectivity index (χ3v) is 6.79. The fourth-order valence-electron chi connectivity index (χ4n) is 4.87. The maximum atomic E-state index is 4.80. The summed E-state index contributed by atoms with van der Waals surface area (Å²) in [5.74, 6) is 1.40. The predicted octanol–water partition coefficient (Wildman–Crippen LogP) is 3.94. The highest BCUT2D eigenvalue weighted by molar-refractivity contribution is 5.84. The number of nitrogens with one attached hydrogen (secondary N) is 4. The van der Waals surface area contributed by atoms with Crippen LogP contribution < -0.4 is 16.0 Å². The van der Waals surface area contributed by atoms with Gasteiger partial charge in [-0.1, -0.05) is 31.4 Å². The van der Waals surface area contributed by atoms with Crippen LogP contribution >= 0.6 is 0 Å². The van der Waals surface area contributed by atoms with Gasteiger partial charge >= 0.3 is 0 Å². The normalized spacial score (nSPS) is 20.5. The van der Waals surface area contributed by atoms with Crippen molar-refractivity contribution in [2.24, 2.45) is 0 Å². The van der Waals surface area contributed by atoms with Gasteiger partial charge in [0.15, 0.2) is 11.5 Å². The number of aromatic nitrogens is 4. The number of piperazine rings is 1. The van der Waals surface area contributed by atoms with Crippen LogP contribution in [-0.2, 0) is 6.54 Å². The molecule has 2 aromatic heterocycles. The molecule has 170 valence electrons. The van der Waals surface area contributed by atoms with Crippen LogP contribution in [0.5, 0.6) is 0 Å². The van der Waals surface area contributed by atoms with Gasteiger partial charge in [-0.3, -0.25) is 4.90 Å². The molecule has 1 saturated carbocycles. The first kappa shape index (κ1) is 21.2. The van der Waals surface area contributed by atoms with E-state index in [1.165, 1.54) is 43.2 Å². The van der Waals surface area contributed by atoms with E-state index in [1.54, 1.807) is 6.33 Å². The molecule has 8 heteroatoms. The fourth-order valence-corrected chi connectivity index (χ4v) is 4.87. The third kappa shape index (κ3) is 4.71. The van der Waals surface area contributed by atoms with Gasteiger partial charge < -0.3 is 20.9 Å². The van der Waals surface area contributed by atoms with Gasteiger partial charge in [-0.05, 0) is 43.9 Å². The Morgan fingerprint density at radius 1 is 1.16 bits per heavy atom. The number of aromatic amines is 1. The fraction of sp³-hybridized carbons (Fsp3) is 0.542. The second kappa shape index (κ2) is 9.42. The van der Waals surface area contributed by atoms with E-state index < -0.39 is 0 Å². The molecule has 1 aliphatic carbocycles. The molecular weight excluding hydrogens is 400 g/mol. The molecule has 1 atom stereocenters. The minimum atomic E-state index is 0.458. The van der Waals surface area contributed by atoms with E-state index >= 15 is 0 Å². The minimum absolute atomic E-state index is 0.458. The summed E-state index contributed by atoms with van der Waals surface area (Å²) in [7, 11) is 0. The van der Waals surface area contributed by atoms with Crippen LogP contribution in [0.15, 0.2) is 24.5 Å². The van der Waals surface area contributed by atoms with Crippen LogP contribution in [0, 0.1) is 6.92 Å². The van der Waals surface area contributed by atoms with Gasteiger partial charge in [0.25, 0.3) is 0 Å². The first-order chi connectivity index (χ1) is 15.7. The number of hydrogen-bond acceptors (Lipinski definition) is 7. The summed E-state index contributed by atoms with van der Waals surface area (Å²) in [6.07, 6.45) is 7.93. The van der Waals surface area contributed by atoms with Gasteiger partial charge in [-0.15, -0.1) is 0 Å². The van der Waals surface area contributed by atoms with E-state index in [-0.39, 0.29) is 0 Å². The first-order valence-corrected chi connectivity index (χ1v) is 11.9. The molecule has 2 fully saturated rings. The largest absolute Gasteiger partial charge is 0.365 e. The molecule has 5 rings (SSSR count). The van der Waals surface area contributed by atoms with Gasteiger partial charge in [0.05, 0.1) is 6.33 Å². The third-order valence-electron chi connectivity index (χ3n) is 6.79. The molecule has 8 nitrogen and oxygen atoms in total. The summed E-state index contributed by atoms with van der Waals surface area (Å²) in [6.45, 7) is 8.63. The lowest BCUT2D eigenvalue weighted by atomic mass is 9.95. The van der Waals surface area contributed by atoms with E-state index in [1.807, 2.05) is 0 Å².